The van der Waals surface area contributed by atoms with E-state index >= 15 is 0 Å². The molecule has 1 amide bonds. The SMILES string of the molecule is Cc1cc(NCC(=O)N(C)C)ccc1Br. The molecule has 0 unspecified atom stereocenters. The van der Waals surface area contributed by atoms with Gasteiger partial charge in [-0.15, -0.1) is 0 Å². The fourth-order valence-corrected chi connectivity index (χ4v) is 1.34. The van der Waals surface area contributed by atoms with Crippen LogP contribution in [0.2, 0.25) is 0 Å². The number of anilines is 1. The third-order valence-electron chi connectivity index (χ3n) is 2.10. The number of rotatable bonds is 3. The van der Waals surface area contributed by atoms with Gasteiger partial charge in [-0.05, 0) is 30.7 Å². The third kappa shape index (κ3) is 3.55. The summed E-state index contributed by atoms with van der Waals surface area (Å²) in [5.74, 6) is 0.0653. The van der Waals surface area contributed by atoms with Gasteiger partial charge in [-0.2, -0.15) is 0 Å². The summed E-state index contributed by atoms with van der Waals surface area (Å²) in [6.07, 6.45) is 0. The monoisotopic (exact) mass is 270 g/mol. The topological polar surface area (TPSA) is 32.3 Å². The lowest BCUT2D eigenvalue weighted by molar-refractivity contribution is -0.126. The highest BCUT2D eigenvalue weighted by atomic mass is 79.9. The summed E-state index contributed by atoms with van der Waals surface area (Å²) in [4.78, 5) is 12.9. The van der Waals surface area contributed by atoms with E-state index < -0.39 is 0 Å². The molecule has 0 saturated carbocycles. The molecule has 1 N–H and O–H groups in total. The van der Waals surface area contributed by atoms with Crippen LogP contribution in [-0.2, 0) is 4.79 Å². The van der Waals surface area contributed by atoms with Crippen LogP contribution in [0.25, 0.3) is 0 Å². The van der Waals surface area contributed by atoms with Gasteiger partial charge in [0.05, 0.1) is 6.54 Å². The Morgan fingerprint density at radius 2 is 2.13 bits per heavy atom. The van der Waals surface area contributed by atoms with Gasteiger partial charge in [-0.3, -0.25) is 4.79 Å². The van der Waals surface area contributed by atoms with Gasteiger partial charge < -0.3 is 10.2 Å². The molecule has 1 aromatic rings. The standard InChI is InChI=1S/C11H15BrN2O/c1-8-6-9(4-5-10(8)12)13-7-11(15)14(2)3/h4-6,13H,7H2,1-3H3. The molecule has 0 aromatic heterocycles. The van der Waals surface area contributed by atoms with E-state index in [9.17, 15) is 4.79 Å². The van der Waals surface area contributed by atoms with E-state index in [1.54, 1.807) is 19.0 Å². The zero-order valence-electron chi connectivity index (χ0n) is 9.17. The molecule has 0 bridgehead atoms. The first-order valence-corrected chi connectivity index (χ1v) is 5.50. The number of benzene rings is 1. The number of aryl methyl sites for hydroxylation is 1. The van der Waals surface area contributed by atoms with Gasteiger partial charge in [0.25, 0.3) is 0 Å². The zero-order chi connectivity index (χ0) is 11.4. The third-order valence-corrected chi connectivity index (χ3v) is 2.99. The van der Waals surface area contributed by atoms with Gasteiger partial charge in [0, 0.05) is 24.3 Å². The molecule has 3 nitrogen and oxygen atoms in total. The predicted molar refractivity (Wildman–Crippen MR) is 66.1 cm³/mol. The summed E-state index contributed by atoms with van der Waals surface area (Å²) >= 11 is 3.43. The number of halogens is 1. The summed E-state index contributed by atoms with van der Waals surface area (Å²) in [7, 11) is 3.49. The summed E-state index contributed by atoms with van der Waals surface area (Å²) in [6.45, 7) is 2.34. The fourth-order valence-electron chi connectivity index (χ4n) is 1.09. The molecule has 0 saturated heterocycles. The van der Waals surface area contributed by atoms with E-state index in [2.05, 4.69) is 21.2 Å². The Bertz CT molecular complexity index is 364. The van der Waals surface area contributed by atoms with Crippen LogP contribution in [0.15, 0.2) is 22.7 Å². The van der Waals surface area contributed by atoms with E-state index in [4.69, 9.17) is 0 Å². The van der Waals surface area contributed by atoms with Crippen LogP contribution < -0.4 is 5.32 Å². The van der Waals surface area contributed by atoms with Crippen molar-refractivity contribution in [3.05, 3.63) is 28.2 Å². The van der Waals surface area contributed by atoms with Crippen molar-refractivity contribution in [2.24, 2.45) is 0 Å². The predicted octanol–water partition coefficient (Wildman–Crippen LogP) is 2.26. The van der Waals surface area contributed by atoms with E-state index in [1.165, 1.54) is 0 Å². The average molecular weight is 271 g/mol. The zero-order valence-corrected chi connectivity index (χ0v) is 10.8. The second-order valence-electron chi connectivity index (χ2n) is 3.61. The Balaban J connectivity index is 2.58. The van der Waals surface area contributed by atoms with Crippen molar-refractivity contribution in [2.75, 3.05) is 26.0 Å². The van der Waals surface area contributed by atoms with Crippen LogP contribution in [0, 0.1) is 6.92 Å². The Morgan fingerprint density at radius 1 is 1.47 bits per heavy atom. The lowest BCUT2D eigenvalue weighted by Crippen LogP contribution is -2.28. The second-order valence-corrected chi connectivity index (χ2v) is 4.46. The molecule has 0 aliphatic carbocycles. The maximum atomic E-state index is 11.3. The second kappa shape index (κ2) is 5.16. The number of nitrogens with zero attached hydrogens (tertiary/aromatic N) is 1. The largest absolute Gasteiger partial charge is 0.376 e. The van der Waals surface area contributed by atoms with Crippen molar-refractivity contribution in [2.45, 2.75) is 6.92 Å². The van der Waals surface area contributed by atoms with Crippen molar-refractivity contribution < 1.29 is 4.79 Å². The van der Waals surface area contributed by atoms with Crippen LogP contribution in [0.3, 0.4) is 0 Å². The smallest absolute Gasteiger partial charge is 0.241 e. The highest BCUT2D eigenvalue weighted by Crippen LogP contribution is 2.19. The first-order valence-electron chi connectivity index (χ1n) is 4.71. The van der Waals surface area contributed by atoms with Gasteiger partial charge in [-0.1, -0.05) is 15.9 Å². The maximum Gasteiger partial charge on any atom is 0.241 e. The number of hydrogen-bond donors (Lipinski definition) is 1. The molecule has 0 aliphatic heterocycles. The van der Waals surface area contributed by atoms with Crippen LogP contribution >= 0.6 is 15.9 Å². The molecule has 0 aliphatic rings. The molecule has 1 aromatic carbocycles. The van der Waals surface area contributed by atoms with E-state index in [1.807, 2.05) is 25.1 Å². The normalized spacial score (nSPS) is 9.87. The van der Waals surface area contributed by atoms with Gasteiger partial charge in [0.1, 0.15) is 0 Å². The number of nitrogens with one attached hydrogen (secondary N) is 1. The summed E-state index contributed by atoms with van der Waals surface area (Å²) in [5.41, 5.74) is 2.11. The molecule has 0 spiro atoms. The van der Waals surface area contributed by atoms with E-state index in [0.717, 1.165) is 15.7 Å². The summed E-state index contributed by atoms with van der Waals surface area (Å²) < 4.78 is 1.08. The average Bonchev–Trinajstić information content (AvgIpc) is 2.19. The van der Waals surface area contributed by atoms with Crippen molar-refractivity contribution in [1.82, 2.24) is 4.90 Å². The van der Waals surface area contributed by atoms with Crippen LogP contribution in [0.5, 0.6) is 0 Å². The van der Waals surface area contributed by atoms with Crippen molar-refractivity contribution in [3.63, 3.8) is 0 Å². The summed E-state index contributed by atoms with van der Waals surface area (Å²) in [5, 5.41) is 3.08. The molecule has 0 atom stereocenters. The molecule has 1 rings (SSSR count). The van der Waals surface area contributed by atoms with Gasteiger partial charge >= 0.3 is 0 Å². The van der Waals surface area contributed by atoms with E-state index in [-0.39, 0.29) is 5.91 Å². The highest BCUT2D eigenvalue weighted by molar-refractivity contribution is 9.10. The van der Waals surface area contributed by atoms with Crippen LogP contribution in [-0.4, -0.2) is 31.4 Å². The number of likely N-dealkylation sites (N-methyl/N-ethyl adjacent to an activating group) is 1. The van der Waals surface area contributed by atoms with Gasteiger partial charge in [0.2, 0.25) is 5.91 Å². The minimum Gasteiger partial charge on any atom is -0.376 e. The molecular formula is C11H15BrN2O. The van der Waals surface area contributed by atoms with Gasteiger partial charge in [-0.25, -0.2) is 0 Å². The first-order chi connectivity index (χ1) is 7.00. The van der Waals surface area contributed by atoms with Crippen LogP contribution in [0.4, 0.5) is 5.69 Å². The Labute approximate surface area is 98.6 Å². The Morgan fingerprint density at radius 3 is 2.67 bits per heavy atom. The summed E-state index contributed by atoms with van der Waals surface area (Å²) in [6, 6.07) is 5.92. The highest BCUT2D eigenvalue weighted by Gasteiger charge is 2.03. The maximum absolute atomic E-state index is 11.3. The molecule has 82 valence electrons. The number of carbonyl (C=O) groups is 1. The quantitative estimate of drug-likeness (QED) is 0.914. The Kier molecular flexibility index (Phi) is 4.15. The first kappa shape index (κ1) is 12.0. The minimum absolute atomic E-state index is 0.0653. The van der Waals surface area contributed by atoms with Crippen molar-refractivity contribution >= 4 is 27.5 Å². The van der Waals surface area contributed by atoms with E-state index in [0.29, 0.717) is 6.54 Å². The molecular weight excluding hydrogens is 256 g/mol. The minimum atomic E-state index is 0.0653. The molecule has 0 heterocycles. The number of carbonyl (C=O) groups excluding carboxylic acids is 1. The number of hydrogen-bond acceptors (Lipinski definition) is 2. The van der Waals surface area contributed by atoms with Crippen molar-refractivity contribution in [1.29, 1.82) is 0 Å². The lowest BCUT2D eigenvalue weighted by atomic mass is 10.2. The molecule has 0 fully saturated rings. The molecule has 15 heavy (non-hydrogen) atoms. The van der Waals surface area contributed by atoms with Crippen molar-refractivity contribution in [3.8, 4) is 0 Å². The van der Waals surface area contributed by atoms with Gasteiger partial charge in [0.15, 0.2) is 0 Å². The molecule has 0 radical (unpaired) electrons. The molecule has 4 heteroatoms. The van der Waals surface area contributed by atoms with Crippen LogP contribution in [0.1, 0.15) is 5.56 Å². The Hall–Kier alpha value is -1.03. The lowest BCUT2D eigenvalue weighted by Gasteiger charge is -2.12. The number of amides is 1. The fraction of sp³-hybridized carbons (Fsp3) is 0.364.